The molecule has 0 aliphatic carbocycles. The maximum absolute atomic E-state index is 6.38. The molecule has 3 heteroatoms. The Morgan fingerprint density at radius 3 is 1.77 bits per heavy atom. The van der Waals surface area contributed by atoms with Crippen LogP contribution in [0.25, 0.3) is 0 Å². The third-order valence-corrected chi connectivity index (χ3v) is 14.0. The predicted octanol–water partition coefficient (Wildman–Crippen LogP) is 3.59. The van der Waals surface area contributed by atoms with Crippen LogP contribution in [0.2, 0.25) is 37.4 Å². The van der Waals surface area contributed by atoms with Crippen molar-refractivity contribution in [3.8, 4) is 0 Å². The van der Waals surface area contributed by atoms with Crippen molar-refractivity contribution in [1.29, 1.82) is 0 Å². The summed E-state index contributed by atoms with van der Waals surface area (Å²) in [6, 6.07) is 1.44. The Hall–Kier alpha value is 0.394. The van der Waals surface area contributed by atoms with Gasteiger partial charge in [0.2, 0.25) is 0 Å². The van der Waals surface area contributed by atoms with Gasteiger partial charge in [0.25, 0.3) is 0 Å². The highest BCUT2D eigenvalue weighted by molar-refractivity contribution is 6.96. The quantitative estimate of drug-likeness (QED) is 0.700. The Morgan fingerprint density at radius 1 is 1.08 bits per heavy atom. The SMILES string of the molecule is CCC[Si](C)(C)C(CC)[Si](C)(C)N. The zero-order valence-corrected chi connectivity index (χ0v) is 12.3. The largest absolute Gasteiger partial charge is 0.351 e. The van der Waals surface area contributed by atoms with Crippen molar-refractivity contribution in [3.05, 3.63) is 0 Å². The molecular weight excluding hydrogens is 190 g/mol. The van der Waals surface area contributed by atoms with Crippen LogP contribution < -0.4 is 5.40 Å². The molecule has 0 radical (unpaired) electrons. The number of rotatable bonds is 5. The smallest absolute Gasteiger partial charge is 0.117 e. The highest BCUT2D eigenvalue weighted by Crippen LogP contribution is 2.35. The minimum absolute atomic E-state index is 0.889. The number of hydrogen-bond acceptors (Lipinski definition) is 1. The zero-order valence-electron chi connectivity index (χ0n) is 10.3. The van der Waals surface area contributed by atoms with Crippen LogP contribution in [0.15, 0.2) is 0 Å². The fraction of sp³-hybridized carbons (Fsp3) is 1.00. The van der Waals surface area contributed by atoms with E-state index in [0.29, 0.717) is 0 Å². The molecule has 0 saturated heterocycles. The third-order valence-electron chi connectivity index (χ3n) is 3.14. The summed E-state index contributed by atoms with van der Waals surface area (Å²) in [5.41, 5.74) is 0. The van der Waals surface area contributed by atoms with Crippen molar-refractivity contribution >= 4 is 16.3 Å². The van der Waals surface area contributed by atoms with Crippen molar-refractivity contribution < 1.29 is 0 Å². The fourth-order valence-corrected chi connectivity index (χ4v) is 15.2. The van der Waals surface area contributed by atoms with Crippen molar-refractivity contribution in [2.75, 3.05) is 0 Å². The van der Waals surface area contributed by atoms with Crippen LogP contribution in [0, 0.1) is 0 Å². The summed E-state index contributed by atoms with van der Waals surface area (Å²) >= 11 is 0. The monoisotopic (exact) mass is 217 g/mol. The molecule has 0 aromatic heterocycles. The maximum atomic E-state index is 6.38. The standard InChI is InChI=1S/C10H27NSi2/c1-7-9-12(3,4)10(8-2)13(5,6)11/h10H,7-9,11H2,1-6H3. The Balaban J connectivity index is 4.56. The van der Waals surface area contributed by atoms with Gasteiger partial charge in [-0.3, -0.25) is 0 Å². The van der Waals surface area contributed by atoms with E-state index in [1.807, 2.05) is 0 Å². The van der Waals surface area contributed by atoms with E-state index in [-0.39, 0.29) is 0 Å². The summed E-state index contributed by atoms with van der Waals surface area (Å²) in [6.45, 7) is 14.3. The lowest BCUT2D eigenvalue weighted by Crippen LogP contribution is -2.53. The molecule has 1 nitrogen and oxygen atoms in total. The summed E-state index contributed by atoms with van der Waals surface area (Å²) < 4.78 is 0. The normalized spacial score (nSPS) is 15.9. The Kier molecular flexibility index (Phi) is 4.90. The third kappa shape index (κ3) is 3.96. The topological polar surface area (TPSA) is 26.0 Å². The van der Waals surface area contributed by atoms with Gasteiger partial charge in [-0.05, 0) is 5.16 Å². The van der Waals surface area contributed by atoms with Crippen LogP contribution >= 0.6 is 0 Å². The molecule has 0 rings (SSSR count). The van der Waals surface area contributed by atoms with Crippen LogP contribution in [-0.2, 0) is 0 Å². The van der Waals surface area contributed by atoms with E-state index in [1.165, 1.54) is 18.9 Å². The van der Waals surface area contributed by atoms with Crippen molar-refractivity contribution in [2.45, 2.75) is 64.1 Å². The fourth-order valence-electron chi connectivity index (χ4n) is 2.90. The second-order valence-electron chi connectivity index (χ2n) is 5.52. The van der Waals surface area contributed by atoms with Crippen molar-refractivity contribution in [2.24, 2.45) is 5.40 Å². The number of hydrogen-bond donors (Lipinski definition) is 1. The molecule has 0 aromatic rings. The van der Waals surface area contributed by atoms with E-state index in [1.54, 1.807) is 0 Å². The van der Waals surface area contributed by atoms with Gasteiger partial charge in [-0.2, -0.15) is 0 Å². The van der Waals surface area contributed by atoms with E-state index in [2.05, 4.69) is 40.0 Å². The summed E-state index contributed by atoms with van der Waals surface area (Å²) in [4.78, 5) is 0. The van der Waals surface area contributed by atoms with E-state index < -0.39 is 16.3 Å². The first-order valence-electron chi connectivity index (χ1n) is 5.54. The summed E-state index contributed by atoms with van der Waals surface area (Å²) in [5, 5.41) is 7.27. The summed E-state index contributed by atoms with van der Waals surface area (Å²) in [5.74, 6) is 0. The molecule has 13 heavy (non-hydrogen) atoms. The molecule has 0 heterocycles. The summed E-state index contributed by atoms with van der Waals surface area (Å²) in [7, 11) is -2.43. The van der Waals surface area contributed by atoms with Gasteiger partial charge in [0, 0.05) is 8.07 Å². The lowest BCUT2D eigenvalue weighted by atomic mass is 10.6. The molecule has 2 N–H and O–H groups in total. The van der Waals surface area contributed by atoms with Gasteiger partial charge >= 0.3 is 0 Å². The van der Waals surface area contributed by atoms with E-state index in [9.17, 15) is 0 Å². The van der Waals surface area contributed by atoms with Gasteiger partial charge in [0.1, 0.15) is 8.24 Å². The average Bonchev–Trinajstić information content (AvgIpc) is 1.83. The highest BCUT2D eigenvalue weighted by Gasteiger charge is 2.39. The molecule has 0 aliphatic heterocycles. The van der Waals surface area contributed by atoms with Crippen LogP contribution in [0.4, 0.5) is 0 Å². The molecule has 0 saturated carbocycles. The Morgan fingerprint density at radius 2 is 1.54 bits per heavy atom. The van der Waals surface area contributed by atoms with Crippen molar-refractivity contribution in [1.82, 2.24) is 0 Å². The van der Waals surface area contributed by atoms with Gasteiger partial charge in [0.15, 0.2) is 0 Å². The van der Waals surface area contributed by atoms with Crippen LogP contribution in [0.5, 0.6) is 0 Å². The van der Waals surface area contributed by atoms with Crippen LogP contribution in [0.1, 0.15) is 26.7 Å². The van der Waals surface area contributed by atoms with Gasteiger partial charge in [0.05, 0.1) is 0 Å². The van der Waals surface area contributed by atoms with Gasteiger partial charge in [-0.1, -0.05) is 58.9 Å². The maximum Gasteiger partial charge on any atom is 0.117 e. The highest BCUT2D eigenvalue weighted by atomic mass is 28.4. The van der Waals surface area contributed by atoms with E-state index >= 15 is 0 Å². The molecule has 1 unspecified atom stereocenters. The van der Waals surface area contributed by atoms with Crippen molar-refractivity contribution in [3.63, 3.8) is 0 Å². The molecule has 0 fully saturated rings. The minimum Gasteiger partial charge on any atom is -0.351 e. The van der Waals surface area contributed by atoms with Crippen LogP contribution in [-0.4, -0.2) is 16.3 Å². The first-order chi connectivity index (χ1) is 5.75. The first kappa shape index (κ1) is 13.4. The van der Waals surface area contributed by atoms with Gasteiger partial charge < -0.3 is 5.40 Å². The molecule has 0 aliphatic rings. The molecule has 80 valence electrons. The van der Waals surface area contributed by atoms with Crippen LogP contribution in [0.3, 0.4) is 0 Å². The second kappa shape index (κ2) is 4.76. The molecule has 0 spiro atoms. The van der Waals surface area contributed by atoms with E-state index in [0.717, 1.165) is 5.16 Å². The van der Waals surface area contributed by atoms with Gasteiger partial charge in [-0.15, -0.1) is 0 Å². The average molecular weight is 218 g/mol. The minimum atomic E-state index is -1.40. The predicted molar refractivity (Wildman–Crippen MR) is 68.3 cm³/mol. The summed E-state index contributed by atoms with van der Waals surface area (Å²) in [6.07, 6.45) is 2.63. The lowest BCUT2D eigenvalue weighted by Gasteiger charge is -2.39. The molecular formula is C10H27NSi2. The second-order valence-corrected chi connectivity index (χ2v) is 15.6. The lowest BCUT2D eigenvalue weighted by molar-refractivity contribution is 0.909. The Bertz CT molecular complexity index is 149. The molecule has 0 bridgehead atoms. The van der Waals surface area contributed by atoms with Gasteiger partial charge in [-0.25, -0.2) is 0 Å². The number of nitrogens with two attached hydrogens (primary N) is 1. The molecule has 1 atom stereocenters. The molecule has 0 aromatic carbocycles. The Labute approximate surface area is 86.2 Å². The zero-order chi connectivity index (χ0) is 10.7. The molecule has 0 amide bonds. The first-order valence-corrected chi connectivity index (χ1v) is 12.0. The van der Waals surface area contributed by atoms with E-state index in [4.69, 9.17) is 5.40 Å².